The van der Waals surface area contributed by atoms with Gasteiger partial charge in [-0.2, -0.15) is 5.10 Å². The van der Waals surface area contributed by atoms with Crippen LogP contribution >= 0.6 is 27.5 Å². The maximum atomic E-state index is 6.71. The first-order chi connectivity index (χ1) is 11.2. The molecule has 5 heteroatoms. The maximum absolute atomic E-state index is 6.71. The number of hydrogen-bond donors (Lipinski definition) is 0. The molecule has 0 radical (unpaired) electrons. The van der Waals surface area contributed by atoms with Crippen LogP contribution in [0.2, 0.25) is 21.6 Å². The van der Waals surface area contributed by atoms with Gasteiger partial charge in [0.2, 0.25) is 0 Å². The van der Waals surface area contributed by atoms with Crippen molar-refractivity contribution in [3.05, 3.63) is 27.3 Å². The molecule has 2 nitrogen and oxygen atoms in total. The average molecular weight is 428 g/mol. The highest BCUT2D eigenvalue weighted by molar-refractivity contribution is 9.10. The first-order valence-corrected chi connectivity index (χ1v) is 12.4. The normalized spacial score (nSPS) is 16.1. The van der Waals surface area contributed by atoms with Crippen molar-refractivity contribution < 1.29 is 0 Å². The van der Waals surface area contributed by atoms with Crippen molar-refractivity contribution in [1.82, 2.24) is 9.45 Å². The molecule has 1 aliphatic rings. The van der Waals surface area contributed by atoms with Crippen LogP contribution in [0.1, 0.15) is 65.9 Å². The lowest BCUT2D eigenvalue weighted by atomic mass is 10.1. The van der Waals surface area contributed by atoms with E-state index in [1.54, 1.807) is 0 Å². The van der Waals surface area contributed by atoms with Gasteiger partial charge >= 0.3 is 0 Å². The second kappa shape index (κ2) is 6.44. The van der Waals surface area contributed by atoms with E-state index in [1.165, 1.54) is 29.3 Å². The summed E-state index contributed by atoms with van der Waals surface area (Å²) in [7, 11) is -1.86. The van der Waals surface area contributed by atoms with Crippen molar-refractivity contribution in [2.24, 2.45) is 0 Å². The van der Waals surface area contributed by atoms with Crippen molar-refractivity contribution in [3.8, 4) is 0 Å². The summed E-state index contributed by atoms with van der Waals surface area (Å²) in [4.78, 5) is 0. The third kappa shape index (κ3) is 2.60. The summed E-state index contributed by atoms with van der Waals surface area (Å²) in [5, 5.41) is 7.07. The molecule has 0 unspecified atom stereocenters. The van der Waals surface area contributed by atoms with Crippen molar-refractivity contribution >= 4 is 46.7 Å². The molecule has 24 heavy (non-hydrogen) atoms. The van der Waals surface area contributed by atoms with E-state index in [0.717, 1.165) is 9.50 Å². The molecule has 0 atom stereocenters. The summed E-state index contributed by atoms with van der Waals surface area (Å²) in [5.41, 5.74) is 4.33. The zero-order valence-electron chi connectivity index (χ0n) is 15.5. The van der Waals surface area contributed by atoms with Crippen molar-refractivity contribution in [2.45, 2.75) is 76.9 Å². The summed E-state index contributed by atoms with van der Waals surface area (Å²) >= 11 is 10.5. The van der Waals surface area contributed by atoms with E-state index in [-0.39, 0.29) is 0 Å². The van der Waals surface area contributed by atoms with Crippen molar-refractivity contribution in [3.63, 3.8) is 0 Å². The molecular formula is C19H28BrClN2Si. The average Bonchev–Trinajstić information content (AvgIpc) is 3.20. The maximum Gasteiger partial charge on any atom is 0.193 e. The smallest absolute Gasteiger partial charge is 0.193 e. The van der Waals surface area contributed by atoms with Gasteiger partial charge in [0.05, 0.1) is 11.7 Å². The molecule has 1 aliphatic carbocycles. The summed E-state index contributed by atoms with van der Waals surface area (Å²) < 4.78 is 3.56. The lowest BCUT2D eigenvalue weighted by molar-refractivity contribution is 0.736. The molecule has 1 aromatic carbocycles. The topological polar surface area (TPSA) is 17.8 Å². The Kier molecular flexibility index (Phi) is 4.96. The van der Waals surface area contributed by atoms with Crippen LogP contribution in [0, 0.1) is 0 Å². The third-order valence-electron chi connectivity index (χ3n) is 5.93. The SMILES string of the molecule is CC(C)[Si](C(C)C)(C(C)C)n1ncc2c(Br)c(C3CC3)c(Cl)cc21. The zero-order valence-corrected chi connectivity index (χ0v) is 18.9. The molecule has 1 aromatic heterocycles. The second-order valence-electron chi connectivity index (χ2n) is 8.20. The lowest BCUT2D eigenvalue weighted by Crippen LogP contribution is -2.52. The van der Waals surface area contributed by atoms with Gasteiger partial charge in [0.1, 0.15) is 0 Å². The van der Waals surface area contributed by atoms with Crippen LogP contribution in [0.25, 0.3) is 10.9 Å². The minimum Gasteiger partial charge on any atom is -0.293 e. The summed E-state index contributed by atoms with van der Waals surface area (Å²) in [6, 6.07) is 2.18. The van der Waals surface area contributed by atoms with E-state index in [0.29, 0.717) is 22.5 Å². The molecule has 1 saturated carbocycles. The number of halogens is 2. The fourth-order valence-electron chi connectivity index (χ4n) is 4.90. The van der Waals surface area contributed by atoms with Gasteiger partial charge < -0.3 is 0 Å². The third-order valence-corrected chi connectivity index (χ3v) is 13.7. The van der Waals surface area contributed by atoms with Crippen LogP contribution in [-0.4, -0.2) is 17.7 Å². The highest BCUT2D eigenvalue weighted by Crippen LogP contribution is 2.50. The molecule has 0 saturated heterocycles. The van der Waals surface area contributed by atoms with Crippen LogP contribution in [-0.2, 0) is 0 Å². The number of rotatable bonds is 5. The molecule has 132 valence electrons. The van der Waals surface area contributed by atoms with E-state index < -0.39 is 8.24 Å². The van der Waals surface area contributed by atoms with Crippen LogP contribution in [0.15, 0.2) is 16.7 Å². The van der Waals surface area contributed by atoms with E-state index in [9.17, 15) is 0 Å². The van der Waals surface area contributed by atoms with Gasteiger partial charge in [-0.1, -0.05) is 53.1 Å². The Hall–Kier alpha value is -0.323. The van der Waals surface area contributed by atoms with Crippen molar-refractivity contribution in [2.75, 3.05) is 0 Å². The molecule has 0 bridgehead atoms. The highest BCUT2D eigenvalue weighted by atomic mass is 79.9. The Morgan fingerprint density at radius 2 is 1.67 bits per heavy atom. The van der Waals surface area contributed by atoms with Gasteiger partial charge in [-0.25, -0.2) is 0 Å². The van der Waals surface area contributed by atoms with E-state index in [2.05, 4.69) is 74.1 Å². The highest BCUT2D eigenvalue weighted by Gasteiger charge is 2.47. The molecule has 0 spiro atoms. The largest absolute Gasteiger partial charge is 0.293 e. The number of benzene rings is 1. The Morgan fingerprint density at radius 1 is 1.12 bits per heavy atom. The van der Waals surface area contributed by atoms with Crippen LogP contribution < -0.4 is 0 Å². The minimum absolute atomic E-state index is 0.612. The Bertz CT molecular complexity index is 741. The van der Waals surface area contributed by atoms with E-state index in [1.807, 2.05) is 0 Å². The number of aromatic nitrogens is 2. The fraction of sp³-hybridized carbons (Fsp3) is 0.632. The van der Waals surface area contributed by atoms with Crippen LogP contribution in [0.3, 0.4) is 0 Å². The quantitative estimate of drug-likeness (QED) is 0.456. The minimum atomic E-state index is -1.86. The molecule has 3 rings (SSSR count). The summed E-state index contributed by atoms with van der Waals surface area (Å²) in [6.45, 7) is 14.2. The molecular weight excluding hydrogens is 400 g/mol. The number of fused-ring (bicyclic) bond motifs is 1. The van der Waals surface area contributed by atoms with Gasteiger partial charge in [0.25, 0.3) is 0 Å². The number of nitrogens with zero attached hydrogens (tertiary/aromatic N) is 2. The van der Waals surface area contributed by atoms with Crippen LogP contribution in [0.5, 0.6) is 0 Å². The van der Waals surface area contributed by atoms with Gasteiger partial charge in [0.15, 0.2) is 8.24 Å². The summed E-state index contributed by atoms with van der Waals surface area (Å²) in [6.07, 6.45) is 4.55. The number of hydrogen-bond acceptors (Lipinski definition) is 1. The molecule has 0 N–H and O–H groups in total. The Balaban J connectivity index is 2.30. The first kappa shape index (κ1) is 18.5. The Labute approximate surface area is 160 Å². The fourth-order valence-corrected chi connectivity index (χ4v) is 12.5. The molecule has 1 heterocycles. The second-order valence-corrected chi connectivity index (χ2v) is 15.1. The standard InChI is InChI=1S/C19H28BrClN2Si/c1-11(2)24(12(3)4,13(5)6)23-17-9-16(21)18(14-7-8-14)19(20)15(17)10-22-23/h9-14H,7-8H2,1-6H3. The lowest BCUT2D eigenvalue weighted by Gasteiger charge is -2.43. The monoisotopic (exact) mass is 426 g/mol. The van der Waals surface area contributed by atoms with Crippen LogP contribution in [0.4, 0.5) is 0 Å². The molecule has 1 fully saturated rings. The summed E-state index contributed by atoms with van der Waals surface area (Å²) in [5.74, 6) is 0.627. The van der Waals surface area contributed by atoms with E-state index >= 15 is 0 Å². The molecule has 0 amide bonds. The van der Waals surface area contributed by atoms with Crippen molar-refractivity contribution in [1.29, 1.82) is 0 Å². The zero-order chi connectivity index (χ0) is 17.8. The van der Waals surface area contributed by atoms with Gasteiger partial charge in [-0.05, 0) is 62.9 Å². The predicted molar refractivity (Wildman–Crippen MR) is 111 cm³/mol. The van der Waals surface area contributed by atoms with Gasteiger partial charge in [-0.3, -0.25) is 4.35 Å². The first-order valence-electron chi connectivity index (χ1n) is 9.08. The van der Waals surface area contributed by atoms with E-state index in [4.69, 9.17) is 16.7 Å². The van der Waals surface area contributed by atoms with Gasteiger partial charge in [0, 0.05) is 14.9 Å². The molecule has 0 aliphatic heterocycles. The predicted octanol–water partition coefficient (Wildman–Crippen LogP) is 7.35. The molecule has 2 aromatic rings. The van der Waals surface area contributed by atoms with Gasteiger partial charge in [-0.15, -0.1) is 0 Å². The Morgan fingerprint density at radius 3 is 2.12 bits per heavy atom.